The smallest absolute Gasteiger partial charge is 0.282 e. The van der Waals surface area contributed by atoms with Crippen molar-refractivity contribution in [2.45, 2.75) is 26.2 Å². The van der Waals surface area contributed by atoms with Gasteiger partial charge in [-0.1, -0.05) is 41.9 Å². The molecule has 144 valence electrons. The summed E-state index contributed by atoms with van der Waals surface area (Å²) in [5.41, 5.74) is 1.19. The molecule has 3 rings (SSSR count). The van der Waals surface area contributed by atoms with Crippen LogP contribution >= 0.6 is 15.9 Å². The summed E-state index contributed by atoms with van der Waals surface area (Å²) in [4.78, 5) is 14.6. The number of piperazine rings is 1. The maximum Gasteiger partial charge on any atom is 0.282 e. The van der Waals surface area contributed by atoms with E-state index in [0.717, 1.165) is 10.9 Å². The predicted molar refractivity (Wildman–Crippen MR) is 105 cm³/mol. The first-order valence-corrected chi connectivity index (χ1v) is 11.4. The van der Waals surface area contributed by atoms with Crippen molar-refractivity contribution in [2.75, 3.05) is 39.3 Å². The minimum absolute atomic E-state index is 0.0373. The molecule has 8 heteroatoms. The summed E-state index contributed by atoms with van der Waals surface area (Å²) in [5, 5.41) is 0. The highest BCUT2D eigenvalue weighted by Gasteiger charge is 2.46. The van der Waals surface area contributed by atoms with Crippen LogP contribution in [-0.2, 0) is 15.0 Å². The van der Waals surface area contributed by atoms with Crippen LogP contribution in [0.3, 0.4) is 0 Å². The average Bonchev–Trinajstić information content (AvgIpc) is 3.43. The van der Waals surface area contributed by atoms with Crippen LogP contribution in [0, 0.1) is 5.92 Å². The number of benzene rings is 1. The van der Waals surface area contributed by atoms with Crippen LogP contribution in [0.1, 0.15) is 31.7 Å². The van der Waals surface area contributed by atoms with E-state index in [2.05, 4.69) is 28.1 Å². The molecule has 1 aliphatic carbocycles. The zero-order chi connectivity index (χ0) is 18.9. The normalized spacial score (nSPS) is 24.1. The lowest BCUT2D eigenvalue weighted by Gasteiger charge is -2.36. The lowest BCUT2D eigenvalue weighted by Crippen LogP contribution is -2.54. The molecule has 0 aromatic heterocycles. The van der Waals surface area contributed by atoms with E-state index < -0.39 is 10.2 Å². The fraction of sp³-hybridized carbons (Fsp3) is 0.611. The summed E-state index contributed by atoms with van der Waals surface area (Å²) in [5.74, 6) is 0.488. The molecule has 0 N–H and O–H groups in total. The molecule has 0 spiro atoms. The van der Waals surface area contributed by atoms with E-state index in [9.17, 15) is 13.2 Å². The largest absolute Gasteiger partial charge is 0.340 e. The van der Waals surface area contributed by atoms with Crippen molar-refractivity contribution in [3.8, 4) is 0 Å². The molecule has 2 fully saturated rings. The Morgan fingerprint density at radius 2 is 1.85 bits per heavy atom. The van der Waals surface area contributed by atoms with Gasteiger partial charge < -0.3 is 4.90 Å². The summed E-state index contributed by atoms with van der Waals surface area (Å²) >= 11 is 3.48. The fourth-order valence-electron chi connectivity index (χ4n) is 3.66. The molecule has 0 bridgehead atoms. The van der Waals surface area contributed by atoms with E-state index in [1.807, 2.05) is 30.9 Å². The van der Waals surface area contributed by atoms with Crippen LogP contribution in [-0.4, -0.2) is 67.1 Å². The molecule has 1 amide bonds. The molecule has 2 unspecified atom stereocenters. The number of halogens is 1. The van der Waals surface area contributed by atoms with Gasteiger partial charge in [0.25, 0.3) is 10.2 Å². The number of hydrogen-bond donors (Lipinski definition) is 0. The third-order valence-corrected chi connectivity index (χ3v) is 7.97. The van der Waals surface area contributed by atoms with Gasteiger partial charge in [-0.2, -0.15) is 17.0 Å². The number of amides is 1. The van der Waals surface area contributed by atoms with Gasteiger partial charge in [0, 0.05) is 49.7 Å². The van der Waals surface area contributed by atoms with Crippen LogP contribution in [0.5, 0.6) is 0 Å². The molecular formula is C18H26BrN3O3S. The lowest BCUT2D eigenvalue weighted by molar-refractivity contribution is -0.133. The first-order valence-electron chi connectivity index (χ1n) is 9.18. The predicted octanol–water partition coefficient (Wildman–Crippen LogP) is 2.28. The van der Waals surface area contributed by atoms with Crippen LogP contribution in [0.2, 0.25) is 0 Å². The lowest BCUT2D eigenvalue weighted by atomic mass is 10.1. The minimum atomic E-state index is -3.41. The van der Waals surface area contributed by atoms with Crippen LogP contribution in [0.4, 0.5) is 0 Å². The van der Waals surface area contributed by atoms with E-state index in [0.29, 0.717) is 39.3 Å². The molecule has 6 nitrogen and oxygen atoms in total. The zero-order valence-electron chi connectivity index (χ0n) is 15.3. The molecule has 26 heavy (non-hydrogen) atoms. The molecule has 2 aliphatic rings. The van der Waals surface area contributed by atoms with Gasteiger partial charge in [-0.05, 0) is 30.0 Å². The van der Waals surface area contributed by atoms with Crippen LogP contribution in [0.25, 0.3) is 0 Å². The summed E-state index contributed by atoms with van der Waals surface area (Å²) in [6.45, 7) is 6.31. The quantitative estimate of drug-likeness (QED) is 0.677. The molecule has 2 atom stereocenters. The fourth-order valence-corrected chi connectivity index (χ4v) is 5.68. The Bertz CT molecular complexity index is 759. The molecular weight excluding hydrogens is 418 g/mol. The van der Waals surface area contributed by atoms with Crippen LogP contribution in [0.15, 0.2) is 28.7 Å². The SMILES string of the molecule is CCN(CC)S(=O)(=O)N1CCN(C(=O)C2CC2c2cccc(Br)c2)CC1. The first-order chi connectivity index (χ1) is 12.4. The van der Waals surface area contributed by atoms with Gasteiger partial charge in [-0.3, -0.25) is 4.79 Å². The van der Waals surface area contributed by atoms with Gasteiger partial charge in [0.2, 0.25) is 5.91 Å². The second-order valence-electron chi connectivity index (χ2n) is 6.82. The van der Waals surface area contributed by atoms with Gasteiger partial charge in [0.1, 0.15) is 0 Å². The zero-order valence-corrected chi connectivity index (χ0v) is 17.7. The van der Waals surface area contributed by atoms with Crippen molar-refractivity contribution < 1.29 is 13.2 Å². The molecule has 1 saturated carbocycles. The van der Waals surface area contributed by atoms with Gasteiger partial charge in [0.15, 0.2) is 0 Å². The Morgan fingerprint density at radius 1 is 1.19 bits per heavy atom. The van der Waals surface area contributed by atoms with E-state index in [1.165, 1.54) is 14.2 Å². The minimum Gasteiger partial charge on any atom is -0.340 e. The number of carbonyl (C=O) groups excluding carboxylic acids is 1. The van der Waals surface area contributed by atoms with Crippen molar-refractivity contribution in [1.82, 2.24) is 13.5 Å². The van der Waals surface area contributed by atoms with Gasteiger partial charge in [-0.15, -0.1) is 0 Å². The maximum atomic E-state index is 12.8. The number of carbonyl (C=O) groups is 1. The van der Waals surface area contributed by atoms with E-state index in [4.69, 9.17) is 0 Å². The topological polar surface area (TPSA) is 60.9 Å². The summed E-state index contributed by atoms with van der Waals surface area (Å²) in [6.07, 6.45) is 0.882. The first kappa shape index (κ1) is 19.8. The van der Waals surface area contributed by atoms with Crippen molar-refractivity contribution in [1.29, 1.82) is 0 Å². The molecule has 1 heterocycles. The second-order valence-corrected chi connectivity index (χ2v) is 9.66. The van der Waals surface area contributed by atoms with Gasteiger partial charge in [-0.25, -0.2) is 0 Å². The van der Waals surface area contributed by atoms with Gasteiger partial charge >= 0.3 is 0 Å². The van der Waals surface area contributed by atoms with E-state index in [1.54, 1.807) is 0 Å². The monoisotopic (exact) mass is 443 g/mol. The number of rotatable bonds is 6. The van der Waals surface area contributed by atoms with Crippen molar-refractivity contribution in [2.24, 2.45) is 5.92 Å². The molecule has 0 radical (unpaired) electrons. The van der Waals surface area contributed by atoms with Gasteiger partial charge in [0.05, 0.1) is 0 Å². The Labute approximate surface area is 164 Å². The highest BCUT2D eigenvalue weighted by molar-refractivity contribution is 9.10. The summed E-state index contributed by atoms with van der Waals surface area (Å²) < 4.78 is 29.2. The summed E-state index contributed by atoms with van der Waals surface area (Å²) in [6, 6.07) is 8.12. The molecule has 1 saturated heterocycles. The Morgan fingerprint density at radius 3 is 2.42 bits per heavy atom. The molecule has 1 aliphatic heterocycles. The number of nitrogens with zero attached hydrogens (tertiary/aromatic N) is 3. The molecule has 1 aromatic rings. The van der Waals surface area contributed by atoms with Crippen LogP contribution < -0.4 is 0 Å². The van der Waals surface area contributed by atoms with E-state index >= 15 is 0 Å². The number of hydrogen-bond acceptors (Lipinski definition) is 3. The average molecular weight is 444 g/mol. The Balaban J connectivity index is 1.57. The third-order valence-electron chi connectivity index (χ3n) is 5.29. The highest BCUT2D eigenvalue weighted by atomic mass is 79.9. The summed E-state index contributed by atoms with van der Waals surface area (Å²) in [7, 11) is -3.41. The Hall–Kier alpha value is -0.960. The van der Waals surface area contributed by atoms with Crippen molar-refractivity contribution >= 4 is 32.0 Å². The standard InChI is InChI=1S/C18H26BrN3O3S/c1-3-21(4-2)26(24,25)22-10-8-20(9-11-22)18(23)17-13-16(17)14-6-5-7-15(19)12-14/h5-7,12,16-17H,3-4,8-11,13H2,1-2H3. The Kier molecular flexibility index (Phi) is 6.06. The second kappa shape index (κ2) is 7.96. The maximum absolute atomic E-state index is 12.8. The van der Waals surface area contributed by atoms with Crippen molar-refractivity contribution in [3.05, 3.63) is 34.3 Å². The van der Waals surface area contributed by atoms with E-state index in [-0.39, 0.29) is 17.7 Å². The van der Waals surface area contributed by atoms with Crippen molar-refractivity contribution in [3.63, 3.8) is 0 Å². The third kappa shape index (κ3) is 3.98. The highest BCUT2D eigenvalue weighted by Crippen LogP contribution is 2.49. The molecule has 1 aromatic carbocycles.